The Morgan fingerprint density at radius 1 is 1.67 bits per heavy atom. The summed E-state index contributed by atoms with van der Waals surface area (Å²) in [5.41, 5.74) is 2.98. The third kappa shape index (κ3) is 3.29. The summed E-state index contributed by atoms with van der Waals surface area (Å²) in [6.45, 7) is 6.47. The summed E-state index contributed by atoms with van der Waals surface area (Å²) in [4.78, 5) is 17.7. The molecule has 4 nitrogen and oxygen atoms in total. The van der Waals surface area contributed by atoms with Gasteiger partial charge in [0.1, 0.15) is 0 Å². The van der Waals surface area contributed by atoms with Gasteiger partial charge in [0.25, 0.3) is 0 Å². The lowest BCUT2D eigenvalue weighted by atomic mass is 9.90. The van der Waals surface area contributed by atoms with Crippen LogP contribution in [-0.2, 0) is 11.3 Å². The molecule has 0 aliphatic carbocycles. The zero-order valence-electron chi connectivity index (χ0n) is 11.1. The second kappa shape index (κ2) is 6.29. The Bertz CT molecular complexity index is 380. The monoisotopic (exact) mass is 267 g/mol. The van der Waals surface area contributed by atoms with Gasteiger partial charge in [-0.1, -0.05) is 13.3 Å². The van der Waals surface area contributed by atoms with Crippen LogP contribution in [0.3, 0.4) is 0 Å². The molecule has 2 unspecified atom stereocenters. The predicted octanol–water partition coefficient (Wildman–Crippen LogP) is 1.88. The number of amides is 1. The second-order valence-corrected chi connectivity index (χ2v) is 5.61. The van der Waals surface area contributed by atoms with Gasteiger partial charge in [0, 0.05) is 38.0 Å². The SMILES string of the molecule is CCC1CN(C(C)=O)CCC1NCc1cscn1. The van der Waals surface area contributed by atoms with Gasteiger partial charge in [0.05, 0.1) is 11.2 Å². The van der Waals surface area contributed by atoms with Crippen molar-refractivity contribution in [3.8, 4) is 0 Å². The normalized spacial score (nSPS) is 24.2. The largest absolute Gasteiger partial charge is 0.343 e. The number of carbonyl (C=O) groups is 1. The van der Waals surface area contributed by atoms with Crippen LogP contribution in [0.5, 0.6) is 0 Å². The second-order valence-electron chi connectivity index (χ2n) is 4.89. The fourth-order valence-corrected chi connectivity index (χ4v) is 3.12. The lowest BCUT2D eigenvalue weighted by Crippen LogP contribution is -2.50. The van der Waals surface area contributed by atoms with Crippen molar-refractivity contribution in [3.63, 3.8) is 0 Å². The maximum absolute atomic E-state index is 11.4. The third-order valence-corrected chi connectivity index (χ3v) is 4.37. The van der Waals surface area contributed by atoms with E-state index < -0.39 is 0 Å². The molecule has 0 saturated carbocycles. The molecule has 1 saturated heterocycles. The highest BCUT2D eigenvalue weighted by Gasteiger charge is 2.28. The van der Waals surface area contributed by atoms with Gasteiger partial charge in [-0.15, -0.1) is 11.3 Å². The van der Waals surface area contributed by atoms with Crippen molar-refractivity contribution >= 4 is 17.2 Å². The zero-order valence-corrected chi connectivity index (χ0v) is 11.9. The third-order valence-electron chi connectivity index (χ3n) is 3.73. The Labute approximate surface area is 112 Å². The van der Waals surface area contributed by atoms with Gasteiger partial charge in [-0.2, -0.15) is 0 Å². The molecular formula is C13H21N3OS. The van der Waals surface area contributed by atoms with Crippen LogP contribution in [0.4, 0.5) is 0 Å². The van der Waals surface area contributed by atoms with Crippen molar-refractivity contribution < 1.29 is 4.79 Å². The fraction of sp³-hybridized carbons (Fsp3) is 0.692. The van der Waals surface area contributed by atoms with Crippen LogP contribution < -0.4 is 5.32 Å². The molecule has 5 heteroatoms. The molecule has 0 spiro atoms. The van der Waals surface area contributed by atoms with Crippen LogP contribution in [0.2, 0.25) is 0 Å². The summed E-state index contributed by atoms with van der Waals surface area (Å²) >= 11 is 1.63. The molecule has 0 aromatic carbocycles. The van der Waals surface area contributed by atoms with E-state index in [2.05, 4.69) is 22.6 Å². The van der Waals surface area contributed by atoms with Gasteiger partial charge in [0.15, 0.2) is 0 Å². The number of nitrogens with one attached hydrogen (secondary N) is 1. The molecule has 2 heterocycles. The standard InChI is InChI=1S/C13H21N3OS/c1-3-11-7-16(10(2)17)5-4-13(11)14-6-12-8-18-9-15-12/h8-9,11,13-14H,3-7H2,1-2H3. The number of thiazole rings is 1. The molecule has 1 fully saturated rings. The molecule has 2 rings (SSSR count). The van der Waals surface area contributed by atoms with Crippen LogP contribution in [-0.4, -0.2) is 34.9 Å². The number of carbonyl (C=O) groups excluding carboxylic acids is 1. The van der Waals surface area contributed by atoms with E-state index in [0.29, 0.717) is 12.0 Å². The maximum Gasteiger partial charge on any atom is 0.219 e. The number of rotatable bonds is 4. The van der Waals surface area contributed by atoms with E-state index in [0.717, 1.165) is 38.2 Å². The topological polar surface area (TPSA) is 45.2 Å². The Morgan fingerprint density at radius 3 is 3.11 bits per heavy atom. The van der Waals surface area contributed by atoms with Gasteiger partial charge in [-0.05, 0) is 12.3 Å². The number of nitrogens with zero attached hydrogens (tertiary/aromatic N) is 2. The first-order valence-electron chi connectivity index (χ1n) is 6.56. The summed E-state index contributed by atoms with van der Waals surface area (Å²) in [6, 6.07) is 0.507. The van der Waals surface area contributed by atoms with E-state index in [4.69, 9.17) is 0 Å². The first-order valence-corrected chi connectivity index (χ1v) is 7.51. The maximum atomic E-state index is 11.4. The molecule has 18 heavy (non-hydrogen) atoms. The lowest BCUT2D eigenvalue weighted by Gasteiger charge is -2.38. The number of hydrogen-bond acceptors (Lipinski definition) is 4. The molecule has 1 aromatic heterocycles. The Morgan fingerprint density at radius 2 is 2.50 bits per heavy atom. The van der Waals surface area contributed by atoms with Gasteiger partial charge < -0.3 is 10.2 Å². The molecule has 2 atom stereocenters. The average molecular weight is 267 g/mol. The zero-order chi connectivity index (χ0) is 13.0. The summed E-state index contributed by atoms with van der Waals surface area (Å²) in [5.74, 6) is 0.757. The highest BCUT2D eigenvalue weighted by molar-refractivity contribution is 7.07. The molecule has 1 aliphatic rings. The number of aromatic nitrogens is 1. The number of piperidine rings is 1. The van der Waals surface area contributed by atoms with E-state index in [-0.39, 0.29) is 5.91 Å². The Hall–Kier alpha value is -0.940. The molecule has 1 aromatic rings. The molecule has 0 bridgehead atoms. The highest BCUT2D eigenvalue weighted by Crippen LogP contribution is 2.20. The minimum Gasteiger partial charge on any atom is -0.343 e. The molecule has 1 aliphatic heterocycles. The summed E-state index contributed by atoms with van der Waals surface area (Å²) in [6.07, 6.45) is 2.15. The molecule has 100 valence electrons. The van der Waals surface area contributed by atoms with Crippen LogP contribution >= 0.6 is 11.3 Å². The minimum atomic E-state index is 0.200. The minimum absolute atomic E-state index is 0.200. The van der Waals surface area contributed by atoms with Gasteiger partial charge >= 0.3 is 0 Å². The van der Waals surface area contributed by atoms with Gasteiger partial charge in [0.2, 0.25) is 5.91 Å². The fourth-order valence-electron chi connectivity index (χ4n) is 2.56. The smallest absolute Gasteiger partial charge is 0.219 e. The van der Waals surface area contributed by atoms with Crippen LogP contribution in [0.1, 0.15) is 32.4 Å². The lowest BCUT2D eigenvalue weighted by molar-refractivity contribution is -0.131. The average Bonchev–Trinajstić information content (AvgIpc) is 2.89. The van der Waals surface area contributed by atoms with Crippen LogP contribution in [0, 0.1) is 5.92 Å². The first-order chi connectivity index (χ1) is 8.70. The predicted molar refractivity (Wildman–Crippen MR) is 73.4 cm³/mol. The van der Waals surface area contributed by atoms with Crippen molar-refractivity contribution in [2.24, 2.45) is 5.92 Å². The number of likely N-dealkylation sites (tertiary alicyclic amines) is 1. The van der Waals surface area contributed by atoms with E-state index in [1.54, 1.807) is 18.3 Å². The van der Waals surface area contributed by atoms with E-state index in [1.165, 1.54) is 0 Å². The quantitative estimate of drug-likeness (QED) is 0.906. The van der Waals surface area contributed by atoms with Crippen molar-refractivity contribution in [2.45, 2.75) is 39.3 Å². The van der Waals surface area contributed by atoms with Crippen LogP contribution in [0.25, 0.3) is 0 Å². The Kier molecular flexibility index (Phi) is 4.72. The summed E-state index contributed by atoms with van der Waals surface area (Å²) in [7, 11) is 0. The first kappa shape index (κ1) is 13.5. The molecular weight excluding hydrogens is 246 g/mol. The van der Waals surface area contributed by atoms with Gasteiger partial charge in [-0.3, -0.25) is 4.79 Å². The van der Waals surface area contributed by atoms with Gasteiger partial charge in [-0.25, -0.2) is 4.98 Å². The van der Waals surface area contributed by atoms with E-state index in [9.17, 15) is 4.79 Å². The molecule has 1 amide bonds. The highest BCUT2D eigenvalue weighted by atomic mass is 32.1. The Balaban J connectivity index is 1.86. The van der Waals surface area contributed by atoms with Crippen molar-refractivity contribution in [1.29, 1.82) is 0 Å². The summed E-state index contributed by atoms with van der Waals surface area (Å²) in [5, 5.41) is 5.67. The van der Waals surface area contributed by atoms with Crippen LogP contribution in [0.15, 0.2) is 10.9 Å². The van der Waals surface area contributed by atoms with E-state index in [1.807, 2.05) is 10.4 Å². The molecule has 1 N–H and O–H groups in total. The molecule has 0 radical (unpaired) electrons. The summed E-state index contributed by atoms with van der Waals surface area (Å²) < 4.78 is 0. The van der Waals surface area contributed by atoms with Crippen molar-refractivity contribution in [1.82, 2.24) is 15.2 Å². The van der Waals surface area contributed by atoms with Crippen molar-refractivity contribution in [2.75, 3.05) is 13.1 Å². The van der Waals surface area contributed by atoms with Crippen molar-refractivity contribution in [3.05, 3.63) is 16.6 Å². The number of hydrogen-bond donors (Lipinski definition) is 1. The van der Waals surface area contributed by atoms with E-state index >= 15 is 0 Å².